The summed E-state index contributed by atoms with van der Waals surface area (Å²) in [5.41, 5.74) is 0.172. The van der Waals surface area contributed by atoms with Gasteiger partial charge in [-0.05, 0) is 48.5 Å². The predicted octanol–water partition coefficient (Wildman–Crippen LogP) is 1.80. The number of carbonyl (C=O) groups excluding carboxylic acids is 3. The Morgan fingerprint density at radius 2 is 1.53 bits per heavy atom. The second-order valence-electron chi connectivity index (χ2n) is 8.03. The summed E-state index contributed by atoms with van der Waals surface area (Å²) in [5, 5.41) is 0.563. The highest BCUT2D eigenvalue weighted by molar-refractivity contribution is 7.92. The lowest BCUT2D eigenvalue weighted by Crippen LogP contribution is -2.57. The summed E-state index contributed by atoms with van der Waals surface area (Å²) in [6, 6.07) is 16.7. The van der Waals surface area contributed by atoms with E-state index in [-0.39, 0.29) is 48.3 Å². The van der Waals surface area contributed by atoms with Crippen molar-refractivity contribution in [2.75, 3.05) is 33.3 Å². The number of furan rings is 1. The molecule has 11 heteroatoms. The quantitative estimate of drug-likeness (QED) is 0.513. The molecule has 3 amide bonds. The molecular formula is C25H25N3O7S. The highest BCUT2D eigenvalue weighted by Gasteiger charge is 2.39. The van der Waals surface area contributed by atoms with E-state index in [4.69, 9.17) is 9.15 Å². The molecule has 2 heterocycles. The van der Waals surface area contributed by atoms with Gasteiger partial charge in [0.1, 0.15) is 5.75 Å². The Bertz CT molecular complexity index is 1320. The molecule has 1 atom stereocenters. The number of nitrogens with zero attached hydrogens (tertiary/aromatic N) is 2. The van der Waals surface area contributed by atoms with Gasteiger partial charge in [0.05, 0.1) is 18.3 Å². The van der Waals surface area contributed by atoms with Crippen LogP contribution in [-0.2, 0) is 14.6 Å². The first-order valence-corrected chi connectivity index (χ1v) is 12.7. The summed E-state index contributed by atoms with van der Waals surface area (Å²) >= 11 is 0. The highest BCUT2D eigenvalue weighted by atomic mass is 32.2. The van der Waals surface area contributed by atoms with Gasteiger partial charge in [-0.1, -0.05) is 18.2 Å². The van der Waals surface area contributed by atoms with Crippen LogP contribution in [0.2, 0.25) is 0 Å². The Morgan fingerprint density at radius 3 is 2.11 bits per heavy atom. The van der Waals surface area contributed by atoms with E-state index in [1.54, 1.807) is 42.5 Å². The third kappa shape index (κ3) is 5.25. The molecule has 1 aliphatic heterocycles. The maximum Gasteiger partial charge on any atom is 0.289 e. The van der Waals surface area contributed by atoms with Gasteiger partial charge in [-0.3, -0.25) is 14.4 Å². The van der Waals surface area contributed by atoms with Gasteiger partial charge in [-0.25, -0.2) is 8.42 Å². The van der Waals surface area contributed by atoms with Crippen molar-refractivity contribution in [3.8, 4) is 5.75 Å². The Kier molecular flexibility index (Phi) is 7.39. The molecule has 0 saturated carbocycles. The highest BCUT2D eigenvalue weighted by Crippen LogP contribution is 2.19. The maximum atomic E-state index is 13.5. The molecule has 1 aromatic heterocycles. The minimum atomic E-state index is -4.27. The normalized spacial score (nSPS) is 14.7. The van der Waals surface area contributed by atoms with Crippen LogP contribution in [0.1, 0.15) is 20.9 Å². The standard InChI is InChI=1S/C25H25N3O7S/c1-34-19-11-9-18(10-12-19)22(29)26-23(36(32,33)20-6-3-2-4-7-20)25(31)28-15-13-27(14-16-28)24(30)21-8-5-17-35-21/h2-12,17,23H,13-16H2,1H3,(H,26,29)/t23-/m0/s1. The lowest BCUT2D eigenvalue weighted by molar-refractivity contribution is -0.132. The lowest BCUT2D eigenvalue weighted by atomic mass is 10.2. The molecule has 0 radical (unpaired) electrons. The molecule has 10 nitrogen and oxygen atoms in total. The molecule has 1 fully saturated rings. The summed E-state index contributed by atoms with van der Waals surface area (Å²) in [4.78, 5) is 41.7. The average molecular weight is 512 g/mol. The number of methoxy groups -OCH3 is 1. The van der Waals surface area contributed by atoms with E-state index in [0.29, 0.717) is 5.75 Å². The molecule has 36 heavy (non-hydrogen) atoms. The summed E-state index contributed by atoms with van der Waals surface area (Å²) in [6.07, 6.45) is 1.40. The van der Waals surface area contributed by atoms with Crippen LogP contribution in [0.3, 0.4) is 0 Å². The van der Waals surface area contributed by atoms with Crippen LogP contribution in [-0.4, -0.2) is 74.6 Å². The zero-order chi connectivity index (χ0) is 25.7. The molecule has 3 aromatic rings. The van der Waals surface area contributed by atoms with Gasteiger partial charge in [-0.2, -0.15) is 0 Å². The van der Waals surface area contributed by atoms with Crippen LogP contribution >= 0.6 is 0 Å². The largest absolute Gasteiger partial charge is 0.497 e. The first kappa shape index (κ1) is 25.0. The van der Waals surface area contributed by atoms with Gasteiger partial charge in [0.25, 0.3) is 17.7 Å². The zero-order valence-corrected chi connectivity index (χ0v) is 20.3. The maximum absolute atomic E-state index is 13.5. The fraction of sp³-hybridized carbons (Fsp3) is 0.240. The monoisotopic (exact) mass is 511 g/mol. The molecule has 0 aliphatic carbocycles. The second kappa shape index (κ2) is 10.6. The predicted molar refractivity (Wildman–Crippen MR) is 129 cm³/mol. The van der Waals surface area contributed by atoms with E-state index < -0.39 is 27.0 Å². The number of carbonyl (C=O) groups is 3. The lowest BCUT2D eigenvalue weighted by Gasteiger charge is -2.36. The van der Waals surface area contributed by atoms with Gasteiger partial charge in [-0.15, -0.1) is 0 Å². The number of benzene rings is 2. The van der Waals surface area contributed by atoms with Crippen LogP contribution in [0.25, 0.3) is 0 Å². The summed E-state index contributed by atoms with van der Waals surface area (Å²) < 4.78 is 37.1. The Labute approximate surface area is 208 Å². The van der Waals surface area contributed by atoms with E-state index >= 15 is 0 Å². The van der Waals surface area contributed by atoms with E-state index in [0.717, 1.165) is 0 Å². The number of sulfone groups is 1. The van der Waals surface area contributed by atoms with Gasteiger partial charge in [0.2, 0.25) is 15.2 Å². The average Bonchev–Trinajstić information content (AvgIpc) is 3.46. The molecule has 1 saturated heterocycles. The molecular weight excluding hydrogens is 486 g/mol. The minimum absolute atomic E-state index is 0.0926. The number of rotatable bonds is 7. The van der Waals surface area contributed by atoms with E-state index in [1.807, 2.05) is 0 Å². The first-order valence-electron chi connectivity index (χ1n) is 11.2. The van der Waals surface area contributed by atoms with Crippen molar-refractivity contribution < 1.29 is 32.0 Å². The third-order valence-electron chi connectivity index (χ3n) is 5.83. The zero-order valence-electron chi connectivity index (χ0n) is 19.5. The van der Waals surface area contributed by atoms with Crippen molar-refractivity contribution in [1.29, 1.82) is 0 Å². The van der Waals surface area contributed by atoms with Gasteiger partial charge in [0.15, 0.2) is 5.76 Å². The smallest absolute Gasteiger partial charge is 0.289 e. The van der Waals surface area contributed by atoms with Crippen molar-refractivity contribution in [1.82, 2.24) is 15.1 Å². The number of amides is 3. The van der Waals surface area contributed by atoms with Crippen molar-refractivity contribution in [3.05, 3.63) is 84.3 Å². The van der Waals surface area contributed by atoms with Gasteiger partial charge in [0, 0.05) is 31.7 Å². The third-order valence-corrected chi connectivity index (χ3v) is 7.70. The van der Waals surface area contributed by atoms with Crippen LogP contribution < -0.4 is 10.1 Å². The van der Waals surface area contributed by atoms with Gasteiger partial charge < -0.3 is 24.3 Å². The van der Waals surface area contributed by atoms with Crippen molar-refractivity contribution in [3.63, 3.8) is 0 Å². The summed E-state index contributed by atoms with van der Waals surface area (Å²) in [5.74, 6) is -1.09. The van der Waals surface area contributed by atoms with Crippen LogP contribution in [0.5, 0.6) is 5.75 Å². The Morgan fingerprint density at radius 1 is 0.889 bits per heavy atom. The second-order valence-corrected chi connectivity index (χ2v) is 10.1. The molecule has 0 spiro atoms. The van der Waals surface area contributed by atoms with E-state index in [2.05, 4.69) is 5.32 Å². The summed E-state index contributed by atoms with van der Waals surface area (Å²) in [7, 11) is -2.79. The molecule has 4 rings (SSSR count). The van der Waals surface area contributed by atoms with Crippen LogP contribution in [0.4, 0.5) is 0 Å². The minimum Gasteiger partial charge on any atom is -0.497 e. The SMILES string of the molecule is COc1ccc(C(=O)N[C@H](C(=O)N2CCN(C(=O)c3ccco3)CC2)S(=O)(=O)c2ccccc2)cc1. The number of piperazine rings is 1. The Balaban J connectivity index is 1.54. The fourth-order valence-corrected chi connectivity index (χ4v) is 5.30. The summed E-state index contributed by atoms with van der Waals surface area (Å²) in [6.45, 7) is 0.584. The number of nitrogens with one attached hydrogen (secondary N) is 1. The Hall–Kier alpha value is -4.12. The van der Waals surface area contributed by atoms with Crippen molar-refractivity contribution in [2.24, 2.45) is 0 Å². The molecule has 0 unspecified atom stereocenters. The topological polar surface area (TPSA) is 126 Å². The van der Waals surface area contributed by atoms with Gasteiger partial charge >= 0.3 is 0 Å². The molecule has 1 aliphatic rings. The molecule has 2 aromatic carbocycles. The molecule has 0 bridgehead atoms. The number of hydrogen-bond donors (Lipinski definition) is 1. The van der Waals surface area contributed by atoms with E-state index in [9.17, 15) is 22.8 Å². The fourth-order valence-electron chi connectivity index (χ4n) is 3.81. The number of ether oxygens (including phenoxy) is 1. The van der Waals surface area contributed by atoms with Crippen LogP contribution in [0, 0.1) is 0 Å². The number of hydrogen-bond acceptors (Lipinski definition) is 7. The van der Waals surface area contributed by atoms with Crippen molar-refractivity contribution in [2.45, 2.75) is 10.3 Å². The first-order chi connectivity index (χ1) is 17.3. The van der Waals surface area contributed by atoms with Crippen molar-refractivity contribution >= 4 is 27.6 Å². The molecule has 1 N–H and O–H groups in total. The molecule has 188 valence electrons. The van der Waals surface area contributed by atoms with Crippen LogP contribution in [0.15, 0.2) is 82.3 Å². The van der Waals surface area contributed by atoms with E-state index in [1.165, 1.54) is 47.4 Å².